The third-order valence-corrected chi connectivity index (χ3v) is 1.67. The van der Waals surface area contributed by atoms with Crippen molar-refractivity contribution in [2.24, 2.45) is 0 Å². The minimum absolute atomic E-state index is 0. The maximum absolute atomic E-state index is 3.02. The molecule has 0 unspecified atom stereocenters. The SMILES string of the molecule is C.C.C.C.CCCC.CCCN(C)C.CCCNC. The molecule has 0 fully saturated rings. The first kappa shape index (κ1) is 42.8. The fourth-order valence-corrected chi connectivity index (χ4v) is 0.697. The van der Waals surface area contributed by atoms with E-state index >= 15 is 0 Å². The van der Waals surface area contributed by atoms with Gasteiger partial charge in [-0.2, -0.15) is 0 Å². The van der Waals surface area contributed by atoms with Crippen LogP contribution in [-0.2, 0) is 0 Å². The van der Waals surface area contributed by atoms with Crippen molar-refractivity contribution >= 4 is 0 Å². The summed E-state index contributed by atoms with van der Waals surface area (Å²) in [6.45, 7) is 11.0. The Morgan fingerprint density at radius 2 is 1.05 bits per heavy atom. The summed E-state index contributed by atoms with van der Waals surface area (Å²) >= 11 is 0. The van der Waals surface area contributed by atoms with Crippen LogP contribution in [0.3, 0.4) is 0 Å². The standard InChI is InChI=1S/C5H13N.C4H11N.C4H10.4CH4/c1-4-5-6(2)3;1-3-4-5-2;1-3-4-2;;;;/h4-5H2,1-3H3;5H,3-4H2,1-2H3;3-4H2,1-2H3;4*1H4. The van der Waals surface area contributed by atoms with Gasteiger partial charge in [0.15, 0.2) is 0 Å². The van der Waals surface area contributed by atoms with Crippen LogP contribution < -0.4 is 5.32 Å². The zero-order chi connectivity index (χ0) is 12.5. The first-order valence-electron chi connectivity index (χ1n) is 6.39. The lowest BCUT2D eigenvalue weighted by Crippen LogP contribution is -2.11. The van der Waals surface area contributed by atoms with Crippen molar-refractivity contribution in [3.05, 3.63) is 0 Å². The van der Waals surface area contributed by atoms with Crippen LogP contribution in [0.1, 0.15) is 83.1 Å². The molecule has 0 aromatic carbocycles. The normalized spacial score (nSPS) is 6.95. The molecule has 0 radical (unpaired) electrons. The molecule has 0 bridgehead atoms. The summed E-state index contributed by atoms with van der Waals surface area (Å²) in [5.74, 6) is 0. The number of unbranched alkanes of at least 4 members (excludes halogenated alkanes) is 1. The maximum atomic E-state index is 3.02. The van der Waals surface area contributed by atoms with E-state index < -0.39 is 0 Å². The van der Waals surface area contributed by atoms with Gasteiger partial charge in [-0.3, -0.25) is 0 Å². The molecule has 0 saturated carbocycles. The topological polar surface area (TPSA) is 15.3 Å². The van der Waals surface area contributed by atoms with E-state index in [2.05, 4.69) is 52.0 Å². The van der Waals surface area contributed by atoms with E-state index in [-0.39, 0.29) is 29.7 Å². The predicted octanol–water partition coefficient (Wildman–Crippen LogP) is 5.92. The molecular weight excluding hydrogens is 232 g/mol. The summed E-state index contributed by atoms with van der Waals surface area (Å²) < 4.78 is 0. The molecule has 0 aliphatic heterocycles. The third kappa shape index (κ3) is 130. The molecule has 0 heterocycles. The highest BCUT2D eigenvalue weighted by molar-refractivity contribution is 4.34. The molecule has 0 aromatic rings. The van der Waals surface area contributed by atoms with Gasteiger partial charge in [0, 0.05) is 0 Å². The zero-order valence-corrected chi connectivity index (χ0v) is 12.2. The summed E-state index contributed by atoms with van der Waals surface area (Å²) in [5, 5.41) is 3.02. The second kappa shape index (κ2) is 52.1. The molecule has 2 nitrogen and oxygen atoms in total. The van der Waals surface area contributed by atoms with Crippen LogP contribution in [-0.4, -0.2) is 39.1 Å². The van der Waals surface area contributed by atoms with Gasteiger partial charge in [-0.05, 0) is 47.1 Å². The second-order valence-corrected chi connectivity index (χ2v) is 3.91. The molecule has 0 saturated heterocycles. The molecule has 0 atom stereocenters. The quantitative estimate of drug-likeness (QED) is 0.673. The minimum atomic E-state index is 0. The Morgan fingerprint density at radius 3 is 1.05 bits per heavy atom. The summed E-state index contributed by atoms with van der Waals surface area (Å²) in [4.78, 5) is 2.18. The van der Waals surface area contributed by atoms with Gasteiger partial charge in [0.05, 0.1) is 0 Å². The van der Waals surface area contributed by atoms with Crippen LogP contribution in [0.25, 0.3) is 0 Å². The van der Waals surface area contributed by atoms with Crippen molar-refractivity contribution in [2.45, 2.75) is 83.1 Å². The number of rotatable bonds is 5. The lowest BCUT2D eigenvalue weighted by molar-refractivity contribution is 0.408. The van der Waals surface area contributed by atoms with Gasteiger partial charge in [-0.15, -0.1) is 0 Å². The molecular formula is C17H50N2. The Balaban J connectivity index is -0.0000000209. The Labute approximate surface area is 128 Å². The number of hydrogen-bond acceptors (Lipinski definition) is 2. The average molecular weight is 283 g/mol. The summed E-state index contributed by atoms with van der Waals surface area (Å²) in [5.41, 5.74) is 0. The molecule has 0 aliphatic carbocycles. The molecule has 19 heavy (non-hydrogen) atoms. The van der Waals surface area contributed by atoms with Gasteiger partial charge in [0.25, 0.3) is 0 Å². The van der Waals surface area contributed by atoms with E-state index in [1.54, 1.807) is 0 Å². The van der Waals surface area contributed by atoms with Gasteiger partial charge in [-0.1, -0.05) is 70.2 Å². The van der Waals surface area contributed by atoms with E-state index in [1.807, 2.05) is 7.05 Å². The van der Waals surface area contributed by atoms with E-state index in [1.165, 1.54) is 32.2 Å². The Kier molecular flexibility index (Phi) is 117. The highest BCUT2D eigenvalue weighted by Crippen LogP contribution is 1.77. The van der Waals surface area contributed by atoms with Crippen LogP contribution in [0.15, 0.2) is 0 Å². The number of nitrogens with one attached hydrogen (secondary N) is 1. The van der Waals surface area contributed by atoms with Crippen molar-refractivity contribution in [1.82, 2.24) is 10.2 Å². The van der Waals surface area contributed by atoms with Crippen LogP contribution in [0.2, 0.25) is 0 Å². The van der Waals surface area contributed by atoms with Gasteiger partial charge in [0.2, 0.25) is 0 Å². The fourth-order valence-electron chi connectivity index (χ4n) is 0.697. The Bertz CT molecular complexity index is 69.7. The molecule has 0 aromatic heterocycles. The Morgan fingerprint density at radius 1 is 0.684 bits per heavy atom. The highest BCUT2D eigenvalue weighted by Gasteiger charge is 1.79. The predicted molar refractivity (Wildman–Crippen MR) is 101 cm³/mol. The molecule has 2 heteroatoms. The highest BCUT2D eigenvalue weighted by atomic mass is 15.0. The first-order valence-corrected chi connectivity index (χ1v) is 6.39. The van der Waals surface area contributed by atoms with Gasteiger partial charge in [0.1, 0.15) is 0 Å². The molecule has 0 amide bonds. The van der Waals surface area contributed by atoms with Gasteiger partial charge >= 0.3 is 0 Å². The first-order chi connectivity index (χ1) is 7.10. The van der Waals surface area contributed by atoms with Crippen molar-refractivity contribution in [2.75, 3.05) is 34.2 Å². The Hall–Kier alpha value is -0.0800. The van der Waals surface area contributed by atoms with Gasteiger partial charge < -0.3 is 10.2 Å². The average Bonchev–Trinajstić information content (AvgIpc) is 2.20. The van der Waals surface area contributed by atoms with Crippen LogP contribution in [0, 0.1) is 0 Å². The van der Waals surface area contributed by atoms with E-state index in [9.17, 15) is 0 Å². The lowest BCUT2D eigenvalue weighted by Gasteiger charge is -2.03. The van der Waals surface area contributed by atoms with E-state index in [4.69, 9.17) is 0 Å². The maximum Gasteiger partial charge on any atom is -0.00275 e. The summed E-state index contributed by atoms with van der Waals surface area (Å²) in [6, 6.07) is 0. The van der Waals surface area contributed by atoms with Crippen molar-refractivity contribution < 1.29 is 0 Å². The van der Waals surface area contributed by atoms with Gasteiger partial charge in [-0.25, -0.2) is 0 Å². The summed E-state index contributed by atoms with van der Waals surface area (Å²) in [6.07, 6.45) is 5.13. The second-order valence-electron chi connectivity index (χ2n) is 3.91. The molecule has 0 aliphatic rings. The fraction of sp³-hybridized carbons (Fsp3) is 1.00. The zero-order valence-electron chi connectivity index (χ0n) is 12.2. The van der Waals surface area contributed by atoms with E-state index in [0.29, 0.717) is 0 Å². The molecule has 1 N–H and O–H groups in total. The van der Waals surface area contributed by atoms with Crippen molar-refractivity contribution in [3.63, 3.8) is 0 Å². The largest absolute Gasteiger partial charge is 0.320 e. The van der Waals surface area contributed by atoms with E-state index in [0.717, 1.165) is 6.54 Å². The summed E-state index contributed by atoms with van der Waals surface area (Å²) in [7, 11) is 6.14. The smallest absolute Gasteiger partial charge is 0.00275 e. The number of nitrogens with zero attached hydrogens (tertiary/aromatic N) is 1. The minimum Gasteiger partial charge on any atom is -0.320 e. The van der Waals surface area contributed by atoms with Crippen molar-refractivity contribution in [1.29, 1.82) is 0 Å². The van der Waals surface area contributed by atoms with Crippen LogP contribution in [0.5, 0.6) is 0 Å². The molecule has 0 rings (SSSR count). The molecule has 128 valence electrons. The lowest BCUT2D eigenvalue weighted by atomic mass is 10.4. The van der Waals surface area contributed by atoms with Crippen LogP contribution in [0.4, 0.5) is 0 Å². The molecule has 0 spiro atoms. The van der Waals surface area contributed by atoms with Crippen molar-refractivity contribution in [3.8, 4) is 0 Å². The number of hydrogen-bond donors (Lipinski definition) is 1. The monoisotopic (exact) mass is 282 g/mol. The van der Waals surface area contributed by atoms with Crippen LogP contribution >= 0.6 is 0 Å². The third-order valence-electron chi connectivity index (χ3n) is 1.67.